The molecule has 0 bridgehead atoms. The highest BCUT2D eigenvalue weighted by Gasteiger charge is 2.26. The molecule has 0 unspecified atom stereocenters. The summed E-state index contributed by atoms with van der Waals surface area (Å²) in [5.41, 5.74) is -2.11. The molecule has 0 aromatic heterocycles. The van der Waals surface area contributed by atoms with Crippen LogP contribution in [-0.2, 0) is 3.07 Å². The van der Waals surface area contributed by atoms with Crippen LogP contribution in [0.1, 0.15) is 20.7 Å². The van der Waals surface area contributed by atoms with E-state index in [1.54, 1.807) is 0 Å². The summed E-state index contributed by atoms with van der Waals surface area (Å²) in [6.45, 7) is 0. The number of halogens is 3. The third-order valence-corrected chi connectivity index (χ3v) is 3.18. The second-order valence-corrected chi connectivity index (χ2v) is 4.12. The smallest absolute Gasteiger partial charge is 0.341 e. The van der Waals surface area contributed by atoms with Gasteiger partial charge in [0.25, 0.3) is 0 Å². The van der Waals surface area contributed by atoms with Gasteiger partial charge in [0.05, 0.1) is 9.13 Å². The average molecular weight is 344 g/mol. The van der Waals surface area contributed by atoms with Gasteiger partial charge in [-0.2, -0.15) is 0 Å². The minimum Gasteiger partial charge on any atom is -0.478 e. The molecule has 0 radical (unpaired) electrons. The molecule has 0 saturated carbocycles. The fraction of sp³-hybridized carbons (Fsp3) is 0. The van der Waals surface area contributed by atoms with Crippen LogP contribution in [0.2, 0.25) is 0 Å². The molecule has 1 aromatic rings. The molecule has 0 heterocycles. The fourth-order valence-corrected chi connectivity index (χ4v) is 2.11. The van der Waals surface area contributed by atoms with Gasteiger partial charge in [-0.25, -0.2) is 18.4 Å². The molecule has 2 N–H and O–H groups in total. The zero-order valence-electron chi connectivity index (χ0n) is 7.33. The van der Waals surface area contributed by atoms with Crippen molar-refractivity contribution in [3.63, 3.8) is 0 Å². The van der Waals surface area contributed by atoms with Crippen molar-refractivity contribution in [1.82, 2.24) is 0 Å². The first-order valence-electron chi connectivity index (χ1n) is 3.65. The molecule has 0 atom stereocenters. The minimum absolute atomic E-state index is 0.349. The van der Waals surface area contributed by atoms with Crippen molar-refractivity contribution in [2.75, 3.05) is 0 Å². The van der Waals surface area contributed by atoms with Gasteiger partial charge in [0.2, 0.25) is 0 Å². The van der Waals surface area contributed by atoms with Gasteiger partial charge in [0.1, 0.15) is 11.4 Å². The Morgan fingerprint density at radius 1 is 1.19 bits per heavy atom. The van der Waals surface area contributed by atoms with Gasteiger partial charge in [0.15, 0.2) is 27.0 Å². The van der Waals surface area contributed by atoms with Crippen molar-refractivity contribution in [1.29, 1.82) is 0 Å². The third kappa shape index (κ3) is 2.05. The summed E-state index contributed by atoms with van der Waals surface area (Å²) in [6.07, 6.45) is 0. The number of carboxylic acids is 2. The highest BCUT2D eigenvalue weighted by molar-refractivity contribution is 14.1. The molecule has 0 amide bonds. The van der Waals surface area contributed by atoms with Gasteiger partial charge in [0, 0.05) is 0 Å². The average Bonchev–Trinajstić information content (AvgIpc) is 2.16. The quantitative estimate of drug-likeness (QED) is 0.645. The molecule has 0 spiro atoms. The molecule has 0 aliphatic rings. The largest absolute Gasteiger partial charge is 0.478 e. The normalized spacial score (nSPS) is 10.1. The Morgan fingerprint density at radius 3 is 2.12 bits per heavy atom. The maximum absolute atomic E-state index is 13.3. The minimum atomic E-state index is -2.26. The lowest BCUT2D eigenvalue weighted by molar-refractivity contribution is 0.0670. The first kappa shape index (κ1) is 12.6. The lowest BCUT2D eigenvalue weighted by Gasteiger charge is -2.04. The molecule has 0 aliphatic heterocycles. The Labute approximate surface area is 97.3 Å². The van der Waals surface area contributed by atoms with Crippen molar-refractivity contribution >= 4 is 33.1 Å². The van der Waals surface area contributed by atoms with Crippen molar-refractivity contribution in [3.05, 3.63) is 32.4 Å². The van der Waals surface area contributed by atoms with Gasteiger partial charge in [-0.05, 0) is 6.07 Å². The SMILES string of the molecule is O=Ic1c(C(=O)O)cc(F)c(C(=O)O)c1F. The number of hydrogen-bond donors (Lipinski definition) is 2. The summed E-state index contributed by atoms with van der Waals surface area (Å²) in [4.78, 5) is 21.0. The van der Waals surface area contributed by atoms with Gasteiger partial charge in [-0.3, -0.25) is 3.07 Å². The Hall–Kier alpha value is -1.45. The first-order chi connectivity index (χ1) is 7.40. The van der Waals surface area contributed by atoms with Crippen LogP contribution in [0.15, 0.2) is 6.07 Å². The molecule has 1 aromatic carbocycles. The zero-order valence-corrected chi connectivity index (χ0v) is 9.49. The summed E-state index contributed by atoms with van der Waals surface area (Å²) in [5.74, 6) is -6.65. The van der Waals surface area contributed by atoms with Crippen LogP contribution in [0.3, 0.4) is 0 Å². The molecule has 1 rings (SSSR count). The van der Waals surface area contributed by atoms with Gasteiger partial charge >= 0.3 is 11.9 Å². The van der Waals surface area contributed by atoms with Crippen molar-refractivity contribution in [3.8, 4) is 0 Å². The second-order valence-electron chi connectivity index (χ2n) is 2.60. The predicted octanol–water partition coefficient (Wildman–Crippen LogP) is 1.85. The summed E-state index contributed by atoms with van der Waals surface area (Å²) >= 11 is -2.26. The van der Waals surface area contributed by atoms with E-state index in [0.717, 1.165) is 0 Å². The molecule has 8 heteroatoms. The topological polar surface area (TPSA) is 91.7 Å². The van der Waals surface area contributed by atoms with Crippen LogP contribution < -0.4 is 0 Å². The van der Waals surface area contributed by atoms with Gasteiger partial charge in [-0.15, -0.1) is 0 Å². The Balaban J connectivity index is 3.69. The van der Waals surface area contributed by atoms with Crippen LogP contribution in [0.25, 0.3) is 0 Å². The molecule has 5 nitrogen and oxygen atoms in total. The molecule has 16 heavy (non-hydrogen) atoms. The van der Waals surface area contributed by atoms with E-state index in [2.05, 4.69) is 0 Å². The first-order valence-corrected chi connectivity index (χ1v) is 5.61. The molecule has 0 aliphatic carbocycles. The van der Waals surface area contributed by atoms with E-state index in [4.69, 9.17) is 10.2 Å². The van der Waals surface area contributed by atoms with E-state index >= 15 is 0 Å². The van der Waals surface area contributed by atoms with Gasteiger partial charge in [-0.1, -0.05) is 0 Å². The second kappa shape index (κ2) is 4.60. The molecule has 0 fully saturated rings. The highest BCUT2D eigenvalue weighted by atomic mass is 127. The summed E-state index contributed by atoms with van der Waals surface area (Å²) in [5, 5.41) is 17.1. The Kier molecular flexibility index (Phi) is 3.62. The van der Waals surface area contributed by atoms with Crippen molar-refractivity contribution < 1.29 is 31.7 Å². The standard InChI is InChI=1S/C8H3F2IO5/c9-3-1-2(7(12)13)6(11-16)5(10)4(3)8(14)15/h1H,(H,12,13)(H,14,15). The zero-order chi connectivity index (χ0) is 12.5. The monoisotopic (exact) mass is 344 g/mol. The molecular weight excluding hydrogens is 341 g/mol. The van der Waals surface area contributed by atoms with E-state index < -0.39 is 59.5 Å². The summed E-state index contributed by atoms with van der Waals surface area (Å²) < 4.78 is 36.3. The van der Waals surface area contributed by atoms with E-state index in [1.807, 2.05) is 0 Å². The van der Waals surface area contributed by atoms with Crippen LogP contribution >= 0.6 is 21.2 Å². The van der Waals surface area contributed by atoms with Gasteiger partial charge < -0.3 is 10.2 Å². The predicted molar refractivity (Wildman–Crippen MR) is 53.7 cm³/mol. The highest BCUT2D eigenvalue weighted by Crippen LogP contribution is 2.25. The number of carbonyl (C=O) groups is 2. The molecule has 0 saturated heterocycles. The number of hydrogen-bond acceptors (Lipinski definition) is 3. The lowest BCUT2D eigenvalue weighted by Crippen LogP contribution is -2.11. The van der Waals surface area contributed by atoms with Crippen molar-refractivity contribution in [2.24, 2.45) is 0 Å². The van der Waals surface area contributed by atoms with E-state index in [1.165, 1.54) is 0 Å². The maximum Gasteiger partial charge on any atom is 0.341 e. The van der Waals surface area contributed by atoms with Crippen molar-refractivity contribution in [2.45, 2.75) is 0 Å². The number of carboxylic acid groups (broad SMARTS) is 2. The van der Waals surface area contributed by atoms with E-state index in [0.29, 0.717) is 6.07 Å². The summed E-state index contributed by atoms with van der Waals surface area (Å²) in [7, 11) is 0. The lowest BCUT2D eigenvalue weighted by atomic mass is 10.1. The third-order valence-electron chi connectivity index (χ3n) is 1.68. The molecule has 86 valence electrons. The number of aromatic carboxylic acids is 2. The molecular formula is C8H3F2IO5. The maximum atomic E-state index is 13.3. The van der Waals surface area contributed by atoms with E-state index in [-0.39, 0.29) is 0 Å². The Morgan fingerprint density at radius 2 is 1.75 bits per heavy atom. The fourth-order valence-electron chi connectivity index (χ4n) is 1.02. The Bertz CT molecular complexity index is 500. The van der Waals surface area contributed by atoms with Crippen LogP contribution in [0.4, 0.5) is 8.78 Å². The van der Waals surface area contributed by atoms with Crippen LogP contribution in [-0.4, -0.2) is 22.2 Å². The summed E-state index contributed by atoms with van der Waals surface area (Å²) in [6, 6.07) is 0.349. The van der Waals surface area contributed by atoms with Crippen LogP contribution in [0, 0.1) is 15.2 Å². The van der Waals surface area contributed by atoms with E-state index in [9.17, 15) is 21.4 Å². The van der Waals surface area contributed by atoms with Crippen LogP contribution in [0.5, 0.6) is 0 Å². The number of benzene rings is 1. The number of rotatable bonds is 3.